The summed E-state index contributed by atoms with van der Waals surface area (Å²) in [6.45, 7) is 0. The first-order valence-corrected chi connectivity index (χ1v) is 6.02. The van der Waals surface area contributed by atoms with E-state index in [2.05, 4.69) is 11.4 Å². The van der Waals surface area contributed by atoms with Crippen molar-refractivity contribution in [2.75, 3.05) is 5.32 Å². The van der Waals surface area contributed by atoms with Crippen LogP contribution in [0.3, 0.4) is 0 Å². The zero-order valence-corrected chi connectivity index (χ0v) is 10.1. The molecule has 1 aromatic rings. The van der Waals surface area contributed by atoms with Crippen LogP contribution in [0.4, 0.5) is 5.69 Å². The van der Waals surface area contributed by atoms with Crippen LogP contribution in [0.5, 0.6) is 0 Å². The number of nitrogens with two attached hydrogens (primary N) is 1. The maximum Gasteiger partial charge on any atom is 0.248 e. The minimum absolute atomic E-state index is 0.0335. The molecule has 0 bridgehead atoms. The van der Waals surface area contributed by atoms with Crippen LogP contribution < -0.4 is 11.1 Å². The standard InChI is InChI=1S/C14H16N2O2/c15-13(17)10-6-8-12(9-7-10)16-14(18)11-4-2-1-3-5-11/h1-2,6-9,11H,3-5H2,(H2,15,17)(H,16,18)/t11-/m0/s1. The van der Waals surface area contributed by atoms with Crippen LogP contribution in [-0.2, 0) is 4.79 Å². The van der Waals surface area contributed by atoms with Crippen LogP contribution in [0.2, 0.25) is 0 Å². The molecule has 1 aliphatic rings. The molecule has 2 rings (SSSR count). The molecule has 0 saturated heterocycles. The minimum Gasteiger partial charge on any atom is -0.366 e. The van der Waals surface area contributed by atoms with Gasteiger partial charge >= 0.3 is 0 Å². The first kappa shape index (κ1) is 12.4. The Bertz CT molecular complexity index is 477. The minimum atomic E-state index is -0.467. The molecule has 1 aliphatic carbocycles. The first-order valence-electron chi connectivity index (χ1n) is 6.02. The lowest BCUT2D eigenvalue weighted by atomic mass is 9.93. The van der Waals surface area contributed by atoms with Crippen LogP contribution in [0.1, 0.15) is 29.6 Å². The number of carbonyl (C=O) groups excluding carboxylic acids is 2. The van der Waals surface area contributed by atoms with Gasteiger partial charge in [0.25, 0.3) is 0 Å². The van der Waals surface area contributed by atoms with E-state index in [9.17, 15) is 9.59 Å². The molecule has 1 atom stereocenters. The largest absolute Gasteiger partial charge is 0.366 e. The third kappa shape index (κ3) is 2.97. The number of amides is 2. The van der Waals surface area contributed by atoms with Gasteiger partial charge in [-0.1, -0.05) is 12.2 Å². The number of primary amides is 1. The van der Waals surface area contributed by atoms with E-state index in [1.165, 1.54) is 0 Å². The predicted molar refractivity (Wildman–Crippen MR) is 70.1 cm³/mol. The summed E-state index contributed by atoms with van der Waals surface area (Å²) in [5.41, 5.74) is 6.28. The molecule has 4 nitrogen and oxygen atoms in total. The predicted octanol–water partition coefficient (Wildman–Crippen LogP) is 2.08. The van der Waals surface area contributed by atoms with Gasteiger partial charge in [0.2, 0.25) is 11.8 Å². The summed E-state index contributed by atoms with van der Waals surface area (Å²) in [4.78, 5) is 22.9. The fraction of sp³-hybridized carbons (Fsp3) is 0.286. The molecule has 0 spiro atoms. The van der Waals surface area contributed by atoms with E-state index in [4.69, 9.17) is 5.73 Å². The van der Waals surface area contributed by atoms with Crippen molar-refractivity contribution in [1.29, 1.82) is 0 Å². The van der Waals surface area contributed by atoms with E-state index in [-0.39, 0.29) is 11.8 Å². The SMILES string of the molecule is NC(=O)c1ccc(NC(=O)[C@H]2CC=CCC2)cc1. The molecule has 0 aliphatic heterocycles. The fourth-order valence-corrected chi connectivity index (χ4v) is 1.99. The Morgan fingerprint density at radius 3 is 2.44 bits per heavy atom. The molecule has 4 heteroatoms. The number of hydrogen-bond acceptors (Lipinski definition) is 2. The molecule has 3 N–H and O–H groups in total. The normalized spacial score (nSPS) is 18.3. The average Bonchev–Trinajstić information content (AvgIpc) is 2.40. The Hall–Kier alpha value is -2.10. The van der Waals surface area contributed by atoms with Crippen molar-refractivity contribution in [3.8, 4) is 0 Å². The molecule has 0 heterocycles. The Morgan fingerprint density at radius 1 is 1.17 bits per heavy atom. The molecule has 0 radical (unpaired) electrons. The molecule has 0 fully saturated rings. The lowest BCUT2D eigenvalue weighted by Gasteiger charge is -2.17. The highest BCUT2D eigenvalue weighted by Crippen LogP contribution is 2.20. The van der Waals surface area contributed by atoms with Crippen LogP contribution in [0.25, 0.3) is 0 Å². The second-order valence-electron chi connectivity index (χ2n) is 4.41. The molecule has 0 aromatic heterocycles. The molecular formula is C14H16N2O2. The van der Waals surface area contributed by atoms with Crippen molar-refractivity contribution in [3.05, 3.63) is 42.0 Å². The van der Waals surface area contributed by atoms with E-state index < -0.39 is 5.91 Å². The number of anilines is 1. The fourth-order valence-electron chi connectivity index (χ4n) is 1.99. The Morgan fingerprint density at radius 2 is 1.89 bits per heavy atom. The maximum atomic E-state index is 11.9. The summed E-state index contributed by atoms with van der Waals surface area (Å²) in [6, 6.07) is 6.60. The Labute approximate surface area is 106 Å². The van der Waals surface area contributed by atoms with Gasteiger partial charge in [-0.2, -0.15) is 0 Å². The number of benzene rings is 1. The lowest BCUT2D eigenvalue weighted by molar-refractivity contribution is -0.120. The van der Waals surface area contributed by atoms with Gasteiger partial charge < -0.3 is 11.1 Å². The van der Waals surface area contributed by atoms with Gasteiger partial charge in [0.1, 0.15) is 0 Å². The van der Waals surface area contributed by atoms with Crippen molar-refractivity contribution in [1.82, 2.24) is 0 Å². The second-order valence-corrected chi connectivity index (χ2v) is 4.41. The third-order valence-electron chi connectivity index (χ3n) is 3.08. The van der Waals surface area contributed by atoms with Crippen LogP contribution in [-0.4, -0.2) is 11.8 Å². The van der Waals surface area contributed by atoms with Gasteiger partial charge in [-0.25, -0.2) is 0 Å². The second kappa shape index (κ2) is 5.49. The highest BCUT2D eigenvalue weighted by Gasteiger charge is 2.18. The first-order chi connectivity index (χ1) is 8.66. The summed E-state index contributed by atoms with van der Waals surface area (Å²) in [6.07, 6.45) is 6.79. The molecular weight excluding hydrogens is 228 g/mol. The summed E-state index contributed by atoms with van der Waals surface area (Å²) >= 11 is 0. The molecule has 18 heavy (non-hydrogen) atoms. The monoisotopic (exact) mass is 244 g/mol. The topological polar surface area (TPSA) is 72.2 Å². The summed E-state index contributed by atoms with van der Waals surface area (Å²) in [5.74, 6) is -0.387. The van der Waals surface area contributed by atoms with E-state index >= 15 is 0 Å². The van der Waals surface area contributed by atoms with Crippen molar-refractivity contribution in [2.45, 2.75) is 19.3 Å². The maximum absolute atomic E-state index is 11.9. The zero-order valence-electron chi connectivity index (χ0n) is 10.1. The van der Waals surface area contributed by atoms with Gasteiger partial charge in [0.15, 0.2) is 0 Å². The number of allylic oxidation sites excluding steroid dienone is 2. The Kier molecular flexibility index (Phi) is 3.77. The molecule has 94 valence electrons. The number of rotatable bonds is 3. The van der Waals surface area contributed by atoms with Crippen molar-refractivity contribution in [2.24, 2.45) is 11.7 Å². The average molecular weight is 244 g/mol. The van der Waals surface area contributed by atoms with Crippen LogP contribution >= 0.6 is 0 Å². The van der Waals surface area contributed by atoms with E-state index in [1.807, 2.05) is 6.08 Å². The highest BCUT2D eigenvalue weighted by atomic mass is 16.2. The number of carbonyl (C=O) groups is 2. The number of hydrogen-bond donors (Lipinski definition) is 2. The quantitative estimate of drug-likeness (QED) is 0.799. The van der Waals surface area contributed by atoms with Crippen LogP contribution in [0.15, 0.2) is 36.4 Å². The van der Waals surface area contributed by atoms with Gasteiger partial charge in [0, 0.05) is 17.2 Å². The van der Waals surface area contributed by atoms with Gasteiger partial charge in [-0.3, -0.25) is 9.59 Å². The highest BCUT2D eigenvalue weighted by molar-refractivity contribution is 5.95. The summed E-state index contributed by atoms with van der Waals surface area (Å²) in [5, 5.41) is 2.85. The van der Waals surface area contributed by atoms with Crippen molar-refractivity contribution in [3.63, 3.8) is 0 Å². The number of nitrogens with one attached hydrogen (secondary N) is 1. The van der Waals surface area contributed by atoms with E-state index in [0.29, 0.717) is 11.3 Å². The summed E-state index contributed by atoms with van der Waals surface area (Å²) in [7, 11) is 0. The van der Waals surface area contributed by atoms with E-state index in [0.717, 1.165) is 19.3 Å². The lowest BCUT2D eigenvalue weighted by Crippen LogP contribution is -2.23. The van der Waals surface area contributed by atoms with Gasteiger partial charge in [-0.15, -0.1) is 0 Å². The molecule has 1 aromatic carbocycles. The molecule has 0 unspecified atom stereocenters. The van der Waals surface area contributed by atoms with Gasteiger partial charge in [0.05, 0.1) is 0 Å². The molecule has 0 saturated carbocycles. The van der Waals surface area contributed by atoms with Crippen molar-refractivity contribution >= 4 is 17.5 Å². The van der Waals surface area contributed by atoms with E-state index in [1.54, 1.807) is 24.3 Å². The van der Waals surface area contributed by atoms with Crippen LogP contribution in [0, 0.1) is 5.92 Å². The summed E-state index contributed by atoms with van der Waals surface area (Å²) < 4.78 is 0. The van der Waals surface area contributed by atoms with Gasteiger partial charge in [-0.05, 0) is 43.5 Å². The molecule has 2 amide bonds. The third-order valence-corrected chi connectivity index (χ3v) is 3.08. The zero-order chi connectivity index (χ0) is 13.0. The smallest absolute Gasteiger partial charge is 0.248 e. The van der Waals surface area contributed by atoms with Crippen molar-refractivity contribution < 1.29 is 9.59 Å². The Balaban J connectivity index is 1.98.